The van der Waals surface area contributed by atoms with Crippen LogP contribution < -0.4 is 0 Å². The fraction of sp³-hybridized carbons (Fsp3) is 0.182. The molecule has 0 N–H and O–H groups in total. The van der Waals surface area contributed by atoms with Gasteiger partial charge in [-0.05, 0) is 53.5 Å². The van der Waals surface area contributed by atoms with E-state index in [-0.39, 0.29) is 5.78 Å². The number of ether oxygens (including phenoxy) is 1. The van der Waals surface area contributed by atoms with Crippen LogP contribution >= 0.6 is 15.9 Å². The van der Waals surface area contributed by atoms with Crippen LogP contribution in [0.15, 0.2) is 81.3 Å². The van der Waals surface area contributed by atoms with Crippen molar-refractivity contribution >= 4 is 38.9 Å². The minimum atomic E-state index is 0.0647. The molecule has 26 heavy (non-hydrogen) atoms. The van der Waals surface area contributed by atoms with E-state index in [0.29, 0.717) is 0 Å². The number of hydrogen-bond donors (Lipinski definition) is 0. The second-order valence-electron chi connectivity index (χ2n) is 6.10. The fourth-order valence-corrected chi connectivity index (χ4v) is 3.25. The molecule has 1 heterocycles. The zero-order chi connectivity index (χ0) is 18.4. The maximum Gasteiger partial charge on any atom is 0.186 e. The number of benzene rings is 2. The van der Waals surface area contributed by atoms with Crippen molar-refractivity contribution in [2.75, 3.05) is 13.2 Å². The van der Waals surface area contributed by atoms with Crippen LogP contribution in [0.25, 0.3) is 10.8 Å². The van der Waals surface area contributed by atoms with Crippen LogP contribution in [0.2, 0.25) is 0 Å². The summed E-state index contributed by atoms with van der Waals surface area (Å²) in [5.41, 5.74) is 2.96. The van der Waals surface area contributed by atoms with E-state index >= 15 is 0 Å². The number of nitrogens with zero attached hydrogens (tertiary/aromatic N) is 1. The third kappa shape index (κ3) is 4.79. The molecule has 2 aromatic carbocycles. The second kappa shape index (κ2) is 8.77. The Morgan fingerprint density at radius 1 is 1.19 bits per heavy atom. The SMILES string of the molecule is C1=NCCO1.CC1=CC(Br)=CCC1=CC(=O)c1ccc2ccccc2c1. The molecule has 1 aliphatic carbocycles. The van der Waals surface area contributed by atoms with Crippen molar-refractivity contribution in [3.63, 3.8) is 0 Å². The molecule has 0 fully saturated rings. The van der Waals surface area contributed by atoms with Gasteiger partial charge in [0.05, 0.1) is 6.54 Å². The third-order valence-corrected chi connectivity index (χ3v) is 4.76. The largest absolute Gasteiger partial charge is 0.482 e. The molecule has 0 unspecified atom stereocenters. The Balaban J connectivity index is 0.000000339. The van der Waals surface area contributed by atoms with Gasteiger partial charge in [-0.25, -0.2) is 0 Å². The molecular formula is C22H20BrNO2. The average Bonchev–Trinajstić information content (AvgIpc) is 3.23. The Kier molecular flexibility index (Phi) is 6.18. The van der Waals surface area contributed by atoms with Gasteiger partial charge in [0.2, 0.25) is 0 Å². The predicted molar refractivity (Wildman–Crippen MR) is 111 cm³/mol. The molecule has 0 aromatic heterocycles. The molecule has 4 heteroatoms. The molecule has 0 saturated heterocycles. The molecule has 0 atom stereocenters. The van der Waals surface area contributed by atoms with Crippen molar-refractivity contribution in [2.24, 2.45) is 4.99 Å². The summed E-state index contributed by atoms with van der Waals surface area (Å²) in [4.78, 5) is 16.2. The highest BCUT2D eigenvalue weighted by molar-refractivity contribution is 9.11. The van der Waals surface area contributed by atoms with Gasteiger partial charge in [0.1, 0.15) is 6.61 Å². The van der Waals surface area contributed by atoms with Gasteiger partial charge in [0.25, 0.3) is 0 Å². The number of ketones is 1. The topological polar surface area (TPSA) is 38.7 Å². The van der Waals surface area contributed by atoms with Crippen molar-refractivity contribution in [1.82, 2.24) is 0 Å². The van der Waals surface area contributed by atoms with E-state index in [1.54, 1.807) is 6.08 Å². The minimum Gasteiger partial charge on any atom is -0.482 e. The van der Waals surface area contributed by atoms with Gasteiger partial charge in [-0.15, -0.1) is 0 Å². The first kappa shape index (κ1) is 18.3. The highest BCUT2D eigenvalue weighted by Crippen LogP contribution is 2.26. The third-order valence-electron chi connectivity index (χ3n) is 4.20. The van der Waals surface area contributed by atoms with E-state index in [4.69, 9.17) is 0 Å². The number of carbonyl (C=O) groups is 1. The van der Waals surface area contributed by atoms with Crippen LogP contribution in [0, 0.1) is 0 Å². The number of aliphatic imine (C=N–C) groups is 1. The van der Waals surface area contributed by atoms with Crippen molar-refractivity contribution < 1.29 is 9.53 Å². The number of hydrogen-bond acceptors (Lipinski definition) is 3. The van der Waals surface area contributed by atoms with Crippen molar-refractivity contribution in [1.29, 1.82) is 0 Å². The van der Waals surface area contributed by atoms with Crippen LogP contribution in [0.1, 0.15) is 23.7 Å². The number of carbonyl (C=O) groups excluding carboxylic acids is 1. The molecule has 0 spiro atoms. The van der Waals surface area contributed by atoms with E-state index in [9.17, 15) is 4.79 Å². The summed E-state index contributed by atoms with van der Waals surface area (Å²) in [5, 5.41) is 2.25. The standard InChI is InChI=1S/C19H15BrO.C3H5NO/c1-13-10-18(20)9-8-15(13)12-19(21)17-7-6-14-4-2-3-5-16(14)11-17;1-2-5-3-4-1/h2-7,9-12H,8H2,1H3;3H,1-2H2. The first-order chi connectivity index (χ1) is 12.6. The molecule has 3 nitrogen and oxygen atoms in total. The minimum absolute atomic E-state index is 0.0647. The normalized spacial score (nSPS) is 17.2. The van der Waals surface area contributed by atoms with E-state index in [1.807, 2.05) is 49.4 Å². The van der Waals surface area contributed by atoms with E-state index < -0.39 is 0 Å². The number of halogens is 1. The Bertz CT molecular complexity index is 932. The maximum atomic E-state index is 12.4. The van der Waals surface area contributed by atoms with Crippen molar-refractivity contribution in [3.05, 3.63) is 81.9 Å². The summed E-state index contributed by atoms with van der Waals surface area (Å²) in [5.74, 6) is 0.0647. The van der Waals surface area contributed by atoms with Crippen LogP contribution in [-0.4, -0.2) is 25.3 Å². The zero-order valence-corrected chi connectivity index (χ0v) is 16.2. The molecule has 0 radical (unpaired) electrons. The lowest BCUT2D eigenvalue weighted by molar-refractivity contribution is 0.104. The average molecular weight is 410 g/mol. The van der Waals surface area contributed by atoms with E-state index in [2.05, 4.69) is 37.8 Å². The number of allylic oxidation sites excluding steroid dienone is 6. The Hall–Kier alpha value is -2.46. The van der Waals surface area contributed by atoms with Crippen LogP contribution in [0.3, 0.4) is 0 Å². The lowest BCUT2D eigenvalue weighted by Crippen LogP contribution is -1.99. The van der Waals surface area contributed by atoms with Crippen LogP contribution in [0.5, 0.6) is 0 Å². The summed E-state index contributed by atoms with van der Waals surface area (Å²) in [6.07, 6.45) is 8.16. The van der Waals surface area contributed by atoms with E-state index in [0.717, 1.165) is 51.5 Å². The first-order valence-electron chi connectivity index (χ1n) is 8.51. The smallest absolute Gasteiger partial charge is 0.186 e. The quantitative estimate of drug-likeness (QED) is 0.476. The van der Waals surface area contributed by atoms with Crippen LogP contribution in [0.4, 0.5) is 0 Å². The highest BCUT2D eigenvalue weighted by Gasteiger charge is 2.10. The summed E-state index contributed by atoms with van der Waals surface area (Å²) in [6, 6.07) is 13.9. The van der Waals surface area contributed by atoms with Crippen molar-refractivity contribution in [2.45, 2.75) is 13.3 Å². The number of rotatable bonds is 2. The molecule has 132 valence electrons. The molecule has 2 aromatic rings. The molecule has 2 aliphatic rings. The number of fused-ring (bicyclic) bond motifs is 1. The van der Waals surface area contributed by atoms with Gasteiger partial charge in [-0.2, -0.15) is 0 Å². The lowest BCUT2D eigenvalue weighted by Gasteiger charge is -2.11. The molecular weight excluding hydrogens is 390 g/mol. The van der Waals surface area contributed by atoms with Gasteiger partial charge < -0.3 is 4.74 Å². The maximum absolute atomic E-state index is 12.4. The Labute approximate surface area is 161 Å². The van der Waals surface area contributed by atoms with Gasteiger partial charge in [0, 0.05) is 10.0 Å². The first-order valence-corrected chi connectivity index (χ1v) is 9.31. The monoisotopic (exact) mass is 409 g/mol. The van der Waals surface area contributed by atoms with Gasteiger partial charge in [-0.3, -0.25) is 9.79 Å². The molecule has 0 bridgehead atoms. The molecule has 1 aliphatic heterocycles. The zero-order valence-electron chi connectivity index (χ0n) is 14.6. The molecule has 4 rings (SSSR count). The van der Waals surface area contributed by atoms with Gasteiger partial charge in [0.15, 0.2) is 12.2 Å². The highest BCUT2D eigenvalue weighted by atomic mass is 79.9. The predicted octanol–water partition coefficient (Wildman–Crippen LogP) is 5.62. The molecule has 0 saturated carbocycles. The van der Waals surface area contributed by atoms with E-state index in [1.165, 1.54) is 6.40 Å². The summed E-state index contributed by atoms with van der Waals surface area (Å²) >= 11 is 3.47. The Morgan fingerprint density at radius 2 is 2.00 bits per heavy atom. The van der Waals surface area contributed by atoms with Crippen LogP contribution in [-0.2, 0) is 4.74 Å². The summed E-state index contributed by atoms with van der Waals surface area (Å²) < 4.78 is 5.73. The summed E-state index contributed by atoms with van der Waals surface area (Å²) in [6.45, 7) is 3.66. The van der Waals surface area contributed by atoms with Crippen molar-refractivity contribution in [3.8, 4) is 0 Å². The fourth-order valence-electron chi connectivity index (χ4n) is 2.75. The van der Waals surface area contributed by atoms with Gasteiger partial charge >= 0.3 is 0 Å². The second-order valence-corrected chi connectivity index (χ2v) is 7.01. The molecule has 0 amide bonds. The Morgan fingerprint density at radius 3 is 2.65 bits per heavy atom. The van der Waals surface area contributed by atoms with Gasteiger partial charge in [-0.1, -0.05) is 58.4 Å². The summed E-state index contributed by atoms with van der Waals surface area (Å²) in [7, 11) is 0. The lowest BCUT2D eigenvalue weighted by atomic mass is 9.96.